The Morgan fingerprint density at radius 2 is 1.08 bits per heavy atom. The molecule has 5 heteroatoms. The zero-order valence-electron chi connectivity index (χ0n) is 13.2. The van der Waals surface area contributed by atoms with Gasteiger partial charge in [-0.2, -0.15) is 0 Å². The van der Waals surface area contributed by atoms with E-state index < -0.39 is 7.26 Å². The number of non-ortho nitro benzene ring substituents is 1. The molecule has 3 aromatic carbocycles. The first-order valence-electron chi connectivity index (χ1n) is 7.35. The van der Waals surface area contributed by atoms with Crippen LogP contribution in [0.15, 0.2) is 84.9 Å². The van der Waals surface area contributed by atoms with Crippen LogP contribution in [-0.2, 0) is 0 Å². The fourth-order valence-electron chi connectivity index (χ4n) is 2.77. The number of nitro groups is 1. The van der Waals surface area contributed by atoms with Crippen LogP contribution in [0.3, 0.4) is 0 Å². The zero-order chi connectivity index (χ0) is 16.3. The minimum absolute atomic E-state index is 0. The maximum Gasteiger partial charge on any atom is 0.269 e. The highest BCUT2D eigenvalue weighted by molar-refractivity contribution is 7.95. The Morgan fingerprint density at radius 3 is 1.46 bits per heavy atom. The molecule has 3 rings (SSSR count). The van der Waals surface area contributed by atoms with Crippen molar-refractivity contribution in [1.29, 1.82) is 0 Å². The van der Waals surface area contributed by atoms with E-state index in [2.05, 4.69) is 30.9 Å². The predicted molar refractivity (Wildman–Crippen MR) is 97.7 cm³/mol. The van der Waals surface area contributed by atoms with Crippen molar-refractivity contribution in [2.75, 3.05) is 6.66 Å². The van der Waals surface area contributed by atoms with Crippen LogP contribution >= 0.6 is 7.26 Å². The van der Waals surface area contributed by atoms with Gasteiger partial charge in [-0.05, 0) is 36.4 Å². The van der Waals surface area contributed by atoms with Crippen LogP contribution in [0, 0.1) is 10.1 Å². The minimum Gasteiger partial charge on any atom is -1.00 e. The molecule has 122 valence electrons. The van der Waals surface area contributed by atoms with Gasteiger partial charge in [0.2, 0.25) is 0 Å². The van der Waals surface area contributed by atoms with E-state index in [1.807, 2.05) is 48.5 Å². The average Bonchev–Trinajstić information content (AvgIpc) is 2.62. The molecule has 0 unspecified atom stereocenters. The molecule has 0 aliphatic rings. The quantitative estimate of drug-likeness (QED) is 0.253. The summed E-state index contributed by atoms with van der Waals surface area (Å²) in [5.41, 5.74) is 0.126. The van der Waals surface area contributed by atoms with E-state index in [-0.39, 0.29) is 34.6 Å². The van der Waals surface area contributed by atoms with Gasteiger partial charge in [-0.1, -0.05) is 36.4 Å². The summed E-state index contributed by atoms with van der Waals surface area (Å²) in [5.74, 6) is 0. The molecule has 0 spiro atoms. The second kappa shape index (κ2) is 7.86. The Balaban J connectivity index is 0.00000208. The summed E-state index contributed by atoms with van der Waals surface area (Å²) in [6.07, 6.45) is 0. The van der Waals surface area contributed by atoms with E-state index in [9.17, 15) is 10.1 Å². The van der Waals surface area contributed by atoms with Gasteiger partial charge in [0.05, 0.1) is 11.6 Å². The second-order valence-corrected chi connectivity index (χ2v) is 9.01. The molecule has 0 atom stereocenters. The summed E-state index contributed by atoms with van der Waals surface area (Å²) in [5, 5.41) is 14.6. The predicted octanol–water partition coefficient (Wildman–Crippen LogP) is 0.523. The molecule has 3 aromatic rings. The molecule has 0 aromatic heterocycles. The summed E-state index contributed by atoms with van der Waals surface area (Å²) in [7, 11) is -1.80. The fourth-order valence-corrected chi connectivity index (χ4v) is 5.95. The summed E-state index contributed by atoms with van der Waals surface area (Å²) in [4.78, 5) is 10.6. The van der Waals surface area contributed by atoms with Crippen LogP contribution in [0.2, 0.25) is 0 Å². The number of nitrogens with zero attached hydrogens (tertiary/aromatic N) is 1. The van der Waals surface area contributed by atoms with Crippen LogP contribution in [0.1, 0.15) is 0 Å². The first-order chi connectivity index (χ1) is 11.1. The number of hydrogen-bond acceptors (Lipinski definition) is 2. The van der Waals surface area contributed by atoms with Crippen LogP contribution in [-0.4, -0.2) is 11.6 Å². The monoisotopic (exact) mass is 449 g/mol. The van der Waals surface area contributed by atoms with Crippen LogP contribution < -0.4 is 39.9 Å². The molecule has 24 heavy (non-hydrogen) atoms. The Morgan fingerprint density at radius 1 is 0.708 bits per heavy atom. The number of nitro benzene ring substituents is 1. The lowest BCUT2D eigenvalue weighted by Gasteiger charge is -2.22. The Bertz CT molecular complexity index is 768. The van der Waals surface area contributed by atoms with E-state index in [4.69, 9.17) is 0 Å². The first-order valence-corrected chi connectivity index (χ1v) is 9.59. The summed E-state index contributed by atoms with van der Waals surface area (Å²) < 4.78 is 0. The molecular weight excluding hydrogens is 432 g/mol. The van der Waals surface area contributed by atoms with Gasteiger partial charge in [0.25, 0.3) is 5.69 Å². The highest BCUT2D eigenvalue weighted by Gasteiger charge is 2.40. The van der Waals surface area contributed by atoms with E-state index in [1.165, 1.54) is 10.6 Å². The molecule has 0 aliphatic heterocycles. The number of benzene rings is 3. The van der Waals surface area contributed by atoms with Gasteiger partial charge in [0.15, 0.2) is 0 Å². The van der Waals surface area contributed by atoms with E-state index in [0.29, 0.717) is 0 Å². The highest BCUT2D eigenvalue weighted by atomic mass is 127. The van der Waals surface area contributed by atoms with Gasteiger partial charge in [0, 0.05) is 12.1 Å². The maximum atomic E-state index is 10.9. The standard InChI is InChI=1S/C19H17NO2P.HI/c1-23(17-8-4-2-5-9-17,18-10-6-3-7-11-18)19-14-12-16(13-15-19)20(21)22;/h2-15H,1H3;1H/q+1;/p-1. The molecule has 0 heterocycles. The van der Waals surface area contributed by atoms with Crippen LogP contribution in [0.5, 0.6) is 0 Å². The van der Waals surface area contributed by atoms with Gasteiger partial charge in [-0.25, -0.2) is 0 Å². The van der Waals surface area contributed by atoms with Crippen molar-refractivity contribution >= 4 is 28.9 Å². The highest BCUT2D eigenvalue weighted by Crippen LogP contribution is 2.51. The molecule has 0 saturated carbocycles. The lowest BCUT2D eigenvalue weighted by Crippen LogP contribution is -3.00. The van der Waals surface area contributed by atoms with Crippen molar-refractivity contribution in [3.63, 3.8) is 0 Å². The average molecular weight is 449 g/mol. The van der Waals surface area contributed by atoms with Crippen molar-refractivity contribution in [2.24, 2.45) is 0 Å². The number of halogens is 1. The largest absolute Gasteiger partial charge is 1.00 e. The van der Waals surface area contributed by atoms with E-state index >= 15 is 0 Å². The van der Waals surface area contributed by atoms with Crippen molar-refractivity contribution < 1.29 is 28.9 Å². The molecular formula is C19H17INO2P. The van der Waals surface area contributed by atoms with Crippen LogP contribution in [0.4, 0.5) is 5.69 Å². The number of hydrogen-bond donors (Lipinski definition) is 0. The van der Waals surface area contributed by atoms with Gasteiger partial charge in [0.1, 0.15) is 23.2 Å². The second-order valence-electron chi connectivity index (χ2n) is 5.45. The van der Waals surface area contributed by atoms with Crippen LogP contribution in [0.25, 0.3) is 0 Å². The summed E-state index contributed by atoms with van der Waals surface area (Å²) in [6, 6.07) is 27.7. The van der Waals surface area contributed by atoms with Gasteiger partial charge in [-0.15, -0.1) is 0 Å². The summed E-state index contributed by atoms with van der Waals surface area (Å²) in [6.45, 7) is 2.26. The topological polar surface area (TPSA) is 43.1 Å². The SMILES string of the molecule is C[P+](c1ccccc1)(c1ccccc1)c1ccc([N+](=O)[O-])cc1.[I-]. The van der Waals surface area contributed by atoms with Crippen molar-refractivity contribution in [3.05, 3.63) is 95.0 Å². The molecule has 0 saturated heterocycles. The Hall–Kier alpha value is -1.78. The third kappa shape index (κ3) is 3.50. The minimum atomic E-state index is -1.80. The van der Waals surface area contributed by atoms with Gasteiger partial charge < -0.3 is 24.0 Å². The first kappa shape index (κ1) is 18.6. The molecule has 0 bridgehead atoms. The molecule has 0 aliphatic carbocycles. The maximum absolute atomic E-state index is 10.9. The molecule has 0 N–H and O–H groups in total. The van der Waals surface area contributed by atoms with E-state index in [1.54, 1.807) is 12.1 Å². The Kier molecular flexibility index (Phi) is 6.08. The van der Waals surface area contributed by atoms with Crippen molar-refractivity contribution in [2.45, 2.75) is 0 Å². The summed E-state index contributed by atoms with van der Waals surface area (Å²) >= 11 is 0. The smallest absolute Gasteiger partial charge is 0.269 e. The third-order valence-electron chi connectivity index (χ3n) is 4.12. The molecule has 3 nitrogen and oxygen atoms in total. The zero-order valence-corrected chi connectivity index (χ0v) is 16.2. The van der Waals surface area contributed by atoms with Gasteiger partial charge >= 0.3 is 0 Å². The molecule has 0 amide bonds. The number of rotatable bonds is 4. The normalized spacial score (nSPS) is 10.7. The van der Waals surface area contributed by atoms with Gasteiger partial charge in [-0.3, -0.25) is 10.1 Å². The molecule has 0 radical (unpaired) electrons. The Labute approximate surface area is 159 Å². The lowest BCUT2D eigenvalue weighted by atomic mass is 10.3. The molecule has 0 fully saturated rings. The van der Waals surface area contributed by atoms with Crippen molar-refractivity contribution in [1.82, 2.24) is 0 Å². The lowest BCUT2D eigenvalue weighted by molar-refractivity contribution is -0.384. The van der Waals surface area contributed by atoms with E-state index in [0.717, 1.165) is 5.30 Å². The third-order valence-corrected chi connectivity index (χ3v) is 8.11. The fraction of sp³-hybridized carbons (Fsp3) is 0.0526. The van der Waals surface area contributed by atoms with Crippen molar-refractivity contribution in [3.8, 4) is 0 Å².